The molecule has 1 heterocycles. The maximum absolute atomic E-state index is 12.6. The van der Waals surface area contributed by atoms with Crippen LogP contribution in [-0.2, 0) is 4.79 Å². The predicted molar refractivity (Wildman–Crippen MR) is 86.6 cm³/mol. The van der Waals surface area contributed by atoms with Crippen molar-refractivity contribution in [2.24, 2.45) is 5.92 Å². The number of carbonyl (C=O) groups is 1. The van der Waals surface area contributed by atoms with Crippen LogP contribution in [0.15, 0.2) is 42.5 Å². The molecule has 114 valence electrons. The zero-order chi connectivity index (χ0) is 15.1. The molecule has 1 saturated heterocycles. The van der Waals surface area contributed by atoms with Gasteiger partial charge in [-0.15, -0.1) is 0 Å². The Balaban J connectivity index is 1.52. The molecule has 1 amide bonds. The Morgan fingerprint density at radius 3 is 2.59 bits per heavy atom. The number of piperidine rings is 1. The summed E-state index contributed by atoms with van der Waals surface area (Å²) in [6, 6.07) is 14.8. The van der Waals surface area contributed by atoms with Crippen LogP contribution >= 0.6 is 0 Å². The quantitative estimate of drug-likeness (QED) is 0.925. The molecule has 0 aromatic heterocycles. The summed E-state index contributed by atoms with van der Waals surface area (Å²) in [5.41, 5.74) is 1.31. The normalized spacial score (nSPS) is 25.4. The molecular weight excluding hydrogens is 274 g/mol. The average molecular weight is 295 g/mol. The Hall–Kier alpha value is -1.87. The number of aliphatic hydroxyl groups is 1. The minimum atomic E-state index is -0.225. The van der Waals surface area contributed by atoms with Crippen molar-refractivity contribution in [3.8, 4) is 0 Å². The minimum Gasteiger partial charge on any atom is -0.393 e. The Labute approximate surface area is 130 Å². The maximum Gasteiger partial charge on any atom is 0.226 e. The van der Waals surface area contributed by atoms with Crippen molar-refractivity contribution in [2.75, 3.05) is 13.1 Å². The second kappa shape index (κ2) is 5.40. The fourth-order valence-corrected chi connectivity index (χ4v) is 3.71. The lowest BCUT2D eigenvalue weighted by molar-refractivity contribution is -0.134. The largest absolute Gasteiger partial charge is 0.393 e. The molecule has 3 nitrogen and oxygen atoms in total. The summed E-state index contributed by atoms with van der Waals surface area (Å²) in [6.07, 6.45) is 2.18. The van der Waals surface area contributed by atoms with Crippen LogP contribution in [0.4, 0.5) is 0 Å². The molecule has 0 spiro atoms. The number of hydrogen-bond acceptors (Lipinski definition) is 2. The van der Waals surface area contributed by atoms with E-state index in [0.29, 0.717) is 19.0 Å². The fourth-order valence-electron chi connectivity index (χ4n) is 3.71. The number of benzene rings is 2. The Kier molecular flexibility index (Phi) is 3.38. The Morgan fingerprint density at radius 1 is 1.05 bits per heavy atom. The van der Waals surface area contributed by atoms with Crippen LogP contribution in [0.25, 0.3) is 10.8 Å². The third-order valence-electron chi connectivity index (χ3n) is 5.11. The molecule has 0 bridgehead atoms. The summed E-state index contributed by atoms with van der Waals surface area (Å²) in [5, 5.41) is 12.1. The zero-order valence-electron chi connectivity index (χ0n) is 12.6. The first-order valence-corrected chi connectivity index (χ1v) is 8.18. The maximum atomic E-state index is 12.6. The van der Waals surface area contributed by atoms with Crippen molar-refractivity contribution in [3.63, 3.8) is 0 Å². The topological polar surface area (TPSA) is 40.5 Å². The molecule has 0 radical (unpaired) electrons. The number of likely N-dealkylation sites (tertiary alicyclic amines) is 1. The molecule has 1 N–H and O–H groups in total. The van der Waals surface area contributed by atoms with Gasteiger partial charge >= 0.3 is 0 Å². The van der Waals surface area contributed by atoms with Gasteiger partial charge in [0.25, 0.3) is 0 Å². The fraction of sp³-hybridized carbons (Fsp3) is 0.421. The lowest BCUT2D eigenvalue weighted by Gasteiger charge is -2.29. The third-order valence-corrected chi connectivity index (χ3v) is 5.11. The zero-order valence-corrected chi connectivity index (χ0v) is 12.6. The molecule has 2 fully saturated rings. The summed E-state index contributed by atoms with van der Waals surface area (Å²) < 4.78 is 0. The molecule has 2 aromatic rings. The summed E-state index contributed by atoms with van der Waals surface area (Å²) >= 11 is 0. The molecule has 4 rings (SSSR count). The highest BCUT2D eigenvalue weighted by Gasteiger charge is 2.46. The van der Waals surface area contributed by atoms with Gasteiger partial charge < -0.3 is 10.0 Å². The Morgan fingerprint density at radius 2 is 1.77 bits per heavy atom. The van der Waals surface area contributed by atoms with Gasteiger partial charge in [-0.05, 0) is 41.5 Å². The van der Waals surface area contributed by atoms with E-state index in [2.05, 4.69) is 42.5 Å². The predicted octanol–water partition coefficient (Wildman–Crippen LogP) is 2.93. The van der Waals surface area contributed by atoms with Crippen molar-refractivity contribution in [2.45, 2.75) is 31.3 Å². The number of nitrogens with zero attached hydrogens (tertiary/aromatic N) is 1. The van der Waals surface area contributed by atoms with Crippen LogP contribution in [0.3, 0.4) is 0 Å². The van der Waals surface area contributed by atoms with Crippen LogP contribution < -0.4 is 0 Å². The van der Waals surface area contributed by atoms with Gasteiger partial charge in [-0.25, -0.2) is 0 Å². The van der Waals surface area contributed by atoms with E-state index in [-0.39, 0.29) is 17.9 Å². The van der Waals surface area contributed by atoms with E-state index in [1.165, 1.54) is 16.3 Å². The highest BCUT2D eigenvalue weighted by Crippen LogP contribution is 2.50. The summed E-state index contributed by atoms with van der Waals surface area (Å²) in [5.74, 6) is 0.788. The van der Waals surface area contributed by atoms with E-state index in [1.807, 2.05) is 4.90 Å². The van der Waals surface area contributed by atoms with Crippen molar-refractivity contribution in [1.82, 2.24) is 4.90 Å². The minimum absolute atomic E-state index is 0.140. The highest BCUT2D eigenvalue weighted by molar-refractivity contribution is 5.89. The van der Waals surface area contributed by atoms with Crippen LogP contribution in [0.5, 0.6) is 0 Å². The van der Waals surface area contributed by atoms with E-state index in [1.54, 1.807) is 0 Å². The molecule has 2 aliphatic rings. The molecule has 1 saturated carbocycles. The van der Waals surface area contributed by atoms with Gasteiger partial charge in [0.1, 0.15) is 0 Å². The molecule has 2 aromatic carbocycles. The van der Waals surface area contributed by atoms with Gasteiger partial charge in [-0.3, -0.25) is 4.79 Å². The van der Waals surface area contributed by atoms with Crippen LogP contribution in [0.2, 0.25) is 0 Å². The first-order chi connectivity index (χ1) is 10.7. The van der Waals surface area contributed by atoms with Crippen LogP contribution in [-0.4, -0.2) is 35.1 Å². The number of aliphatic hydroxyl groups excluding tert-OH is 1. The summed E-state index contributed by atoms with van der Waals surface area (Å²) in [4.78, 5) is 14.6. The van der Waals surface area contributed by atoms with Crippen molar-refractivity contribution in [1.29, 1.82) is 0 Å². The number of rotatable bonds is 2. The van der Waals surface area contributed by atoms with Gasteiger partial charge in [0.05, 0.1) is 6.10 Å². The van der Waals surface area contributed by atoms with Crippen LogP contribution in [0.1, 0.15) is 30.7 Å². The summed E-state index contributed by atoms with van der Waals surface area (Å²) in [6.45, 7) is 1.41. The van der Waals surface area contributed by atoms with E-state index < -0.39 is 0 Å². The molecular formula is C19H21NO2. The van der Waals surface area contributed by atoms with E-state index >= 15 is 0 Å². The van der Waals surface area contributed by atoms with Gasteiger partial charge in [0.2, 0.25) is 5.91 Å². The monoisotopic (exact) mass is 295 g/mol. The standard InChI is InChI=1S/C19H21NO2/c21-14-8-10-20(11-9-14)19(22)18-12-17(18)16-7-3-5-13-4-1-2-6-15(13)16/h1-7,14,17-18,21H,8-12H2. The molecule has 2 atom stereocenters. The average Bonchev–Trinajstić information content (AvgIpc) is 3.35. The van der Waals surface area contributed by atoms with Crippen molar-refractivity contribution in [3.05, 3.63) is 48.0 Å². The first kappa shape index (κ1) is 13.8. The third kappa shape index (κ3) is 2.40. The van der Waals surface area contributed by atoms with E-state index in [4.69, 9.17) is 0 Å². The number of fused-ring (bicyclic) bond motifs is 1. The smallest absolute Gasteiger partial charge is 0.226 e. The van der Waals surface area contributed by atoms with Gasteiger partial charge in [0.15, 0.2) is 0 Å². The number of amides is 1. The molecule has 1 aliphatic heterocycles. The highest BCUT2D eigenvalue weighted by atomic mass is 16.3. The van der Waals surface area contributed by atoms with Gasteiger partial charge in [0, 0.05) is 19.0 Å². The van der Waals surface area contributed by atoms with Gasteiger partial charge in [-0.1, -0.05) is 42.5 Å². The number of hydrogen-bond donors (Lipinski definition) is 1. The second-order valence-corrected chi connectivity index (χ2v) is 6.57. The molecule has 22 heavy (non-hydrogen) atoms. The first-order valence-electron chi connectivity index (χ1n) is 8.18. The number of carbonyl (C=O) groups excluding carboxylic acids is 1. The van der Waals surface area contributed by atoms with Crippen molar-refractivity contribution >= 4 is 16.7 Å². The van der Waals surface area contributed by atoms with Crippen molar-refractivity contribution < 1.29 is 9.90 Å². The lowest BCUT2D eigenvalue weighted by Crippen LogP contribution is -2.41. The second-order valence-electron chi connectivity index (χ2n) is 6.57. The van der Waals surface area contributed by atoms with E-state index in [9.17, 15) is 9.90 Å². The van der Waals surface area contributed by atoms with Gasteiger partial charge in [-0.2, -0.15) is 0 Å². The lowest BCUT2D eigenvalue weighted by atomic mass is 9.99. The van der Waals surface area contributed by atoms with E-state index in [0.717, 1.165) is 19.3 Å². The molecule has 1 aliphatic carbocycles. The SMILES string of the molecule is O=C(C1CC1c1cccc2ccccc12)N1CCC(O)CC1. The molecule has 3 heteroatoms. The summed E-state index contributed by atoms with van der Waals surface area (Å²) in [7, 11) is 0. The van der Waals surface area contributed by atoms with Crippen LogP contribution in [0, 0.1) is 5.92 Å². The Bertz CT molecular complexity index is 698. The molecule has 2 unspecified atom stereocenters.